The van der Waals surface area contributed by atoms with Gasteiger partial charge in [-0.05, 0) is 37.6 Å². The summed E-state index contributed by atoms with van der Waals surface area (Å²) in [6, 6.07) is 7.94. The van der Waals surface area contributed by atoms with Gasteiger partial charge in [0.25, 0.3) is 0 Å². The van der Waals surface area contributed by atoms with E-state index in [-0.39, 0.29) is 0 Å². The second-order valence-corrected chi connectivity index (χ2v) is 4.89. The van der Waals surface area contributed by atoms with Crippen LogP contribution in [0, 0.1) is 6.92 Å². The lowest BCUT2D eigenvalue weighted by molar-refractivity contribution is 0.475. The first-order valence-corrected chi connectivity index (χ1v) is 6.58. The van der Waals surface area contributed by atoms with E-state index in [9.17, 15) is 0 Å². The van der Waals surface area contributed by atoms with Crippen molar-refractivity contribution in [2.45, 2.75) is 19.3 Å². The van der Waals surface area contributed by atoms with Crippen LogP contribution in [0.15, 0.2) is 36.7 Å². The van der Waals surface area contributed by atoms with Crippen molar-refractivity contribution < 1.29 is 4.74 Å². The largest absolute Gasteiger partial charge is 0.454 e. The van der Waals surface area contributed by atoms with E-state index in [1.165, 1.54) is 5.56 Å². The highest BCUT2D eigenvalue weighted by molar-refractivity contribution is 5.31. The van der Waals surface area contributed by atoms with Crippen LogP contribution in [0.1, 0.15) is 23.7 Å². The molecule has 1 aromatic heterocycles. The van der Waals surface area contributed by atoms with Gasteiger partial charge in [0, 0.05) is 12.5 Å². The van der Waals surface area contributed by atoms with Crippen molar-refractivity contribution in [3.63, 3.8) is 0 Å². The number of aromatic nitrogens is 2. The van der Waals surface area contributed by atoms with E-state index in [1.54, 1.807) is 12.4 Å². The number of aryl methyl sites for hydroxylation is 1. The van der Waals surface area contributed by atoms with Gasteiger partial charge in [0.1, 0.15) is 11.6 Å². The third-order valence-electron chi connectivity index (χ3n) is 3.30. The first-order valence-electron chi connectivity index (χ1n) is 6.58. The molecule has 98 valence electrons. The lowest BCUT2D eigenvalue weighted by Crippen LogP contribution is -2.10. The molecule has 4 heteroatoms. The zero-order valence-corrected chi connectivity index (χ0v) is 11.0. The first-order chi connectivity index (χ1) is 9.31. The Balaban J connectivity index is 1.72. The van der Waals surface area contributed by atoms with Gasteiger partial charge < -0.3 is 10.1 Å². The van der Waals surface area contributed by atoms with E-state index in [1.807, 2.05) is 31.2 Å². The number of nitrogens with one attached hydrogen (secondary N) is 1. The smallest absolute Gasteiger partial charge is 0.164 e. The molecule has 1 aromatic carbocycles. The van der Waals surface area contributed by atoms with E-state index < -0.39 is 0 Å². The van der Waals surface area contributed by atoms with Gasteiger partial charge in [-0.1, -0.05) is 12.1 Å². The number of benzene rings is 1. The summed E-state index contributed by atoms with van der Waals surface area (Å²) in [6.07, 6.45) is 4.62. The van der Waals surface area contributed by atoms with Gasteiger partial charge in [-0.2, -0.15) is 0 Å². The Hall–Kier alpha value is -1.94. The van der Waals surface area contributed by atoms with Crippen LogP contribution >= 0.6 is 0 Å². The summed E-state index contributed by atoms with van der Waals surface area (Å²) in [6.45, 7) is 4.06. The highest BCUT2D eigenvalue weighted by Crippen LogP contribution is 2.23. The molecule has 1 aliphatic heterocycles. The first kappa shape index (κ1) is 12.1. The van der Waals surface area contributed by atoms with Crippen LogP contribution < -0.4 is 10.1 Å². The number of hydrogen-bond acceptors (Lipinski definition) is 4. The average molecular weight is 255 g/mol. The molecule has 2 heterocycles. The minimum Gasteiger partial charge on any atom is -0.454 e. The fourth-order valence-electron chi connectivity index (χ4n) is 2.28. The molecule has 0 aliphatic carbocycles. The van der Waals surface area contributed by atoms with Crippen molar-refractivity contribution in [1.29, 1.82) is 0 Å². The Kier molecular flexibility index (Phi) is 3.42. The Bertz CT molecular complexity index is 548. The van der Waals surface area contributed by atoms with Gasteiger partial charge >= 0.3 is 0 Å². The molecule has 0 saturated carbocycles. The average Bonchev–Trinajstić information content (AvgIpc) is 2.94. The summed E-state index contributed by atoms with van der Waals surface area (Å²) in [5.41, 5.74) is 1.17. The Morgan fingerprint density at radius 2 is 2.05 bits per heavy atom. The molecule has 2 aromatic rings. The van der Waals surface area contributed by atoms with Crippen molar-refractivity contribution in [3.05, 3.63) is 48.0 Å². The summed E-state index contributed by atoms with van der Waals surface area (Å²) in [5.74, 6) is 2.84. The van der Waals surface area contributed by atoms with Gasteiger partial charge in [-0.15, -0.1) is 0 Å². The third-order valence-corrected chi connectivity index (χ3v) is 3.30. The van der Waals surface area contributed by atoms with Crippen LogP contribution in [0.5, 0.6) is 11.5 Å². The number of ether oxygens (including phenoxy) is 1. The highest BCUT2D eigenvalue weighted by Gasteiger charge is 2.18. The second-order valence-electron chi connectivity index (χ2n) is 4.89. The minimum atomic E-state index is 0.438. The van der Waals surface area contributed by atoms with Crippen LogP contribution in [-0.2, 0) is 0 Å². The lowest BCUT2D eigenvalue weighted by atomic mass is 10.1. The number of hydrogen-bond donors (Lipinski definition) is 1. The highest BCUT2D eigenvalue weighted by atomic mass is 16.5. The molecule has 1 aliphatic rings. The van der Waals surface area contributed by atoms with Gasteiger partial charge in [-0.25, -0.2) is 9.97 Å². The van der Waals surface area contributed by atoms with Crippen LogP contribution in [0.3, 0.4) is 0 Å². The van der Waals surface area contributed by atoms with Crippen LogP contribution in [0.4, 0.5) is 0 Å². The van der Waals surface area contributed by atoms with E-state index in [2.05, 4.69) is 15.3 Å². The molecule has 1 fully saturated rings. The Morgan fingerprint density at radius 1 is 1.21 bits per heavy atom. The molecule has 1 atom stereocenters. The SMILES string of the molecule is Cc1cccc(Oc2cnc(C3CCNC3)nc2)c1. The summed E-state index contributed by atoms with van der Waals surface area (Å²) in [5, 5.41) is 3.32. The maximum absolute atomic E-state index is 5.74. The molecule has 0 amide bonds. The third kappa shape index (κ3) is 2.90. The molecule has 1 unspecified atom stereocenters. The standard InChI is InChI=1S/C15H17N3O/c1-11-3-2-4-13(7-11)19-14-9-17-15(18-10-14)12-5-6-16-8-12/h2-4,7,9-10,12,16H,5-6,8H2,1H3. The molecule has 1 N–H and O–H groups in total. The fourth-order valence-corrected chi connectivity index (χ4v) is 2.28. The Labute approximate surface area is 112 Å². The van der Waals surface area contributed by atoms with Gasteiger partial charge in [-0.3, -0.25) is 0 Å². The van der Waals surface area contributed by atoms with Crippen molar-refractivity contribution in [2.75, 3.05) is 13.1 Å². The van der Waals surface area contributed by atoms with E-state index in [0.717, 1.165) is 31.1 Å². The molecule has 0 spiro atoms. The monoisotopic (exact) mass is 255 g/mol. The molecular formula is C15H17N3O. The normalized spacial score (nSPS) is 18.5. The molecule has 0 radical (unpaired) electrons. The van der Waals surface area contributed by atoms with Crippen molar-refractivity contribution in [1.82, 2.24) is 15.3 Å². The lowest BCUT2D eigenvalue weighted by Gasteiger charge is -2.08. The molecular weight excluding hydrogens is 238 g/mol. The molecule has 3 rings (SSSR count). The minimum absolute atomic E-state index is 0.438. The van der Waals surface area contributed by atoms with Crippen molar-refractivity contribution in [3.8, 4) is 11.5 Å². The van der Waals surface area contributed by atoms with Crippen LogP contribution in [-0.4, -0.2) is 23.1 Å². The zero-order valence-electron chi connectivity index (χ0n) is 11.0. The quantitative estimate of drug-likeness (QED) is 0.916. The number of nitrogens with zero attached hydrogens (tertiary/aromatic N) is 2. The summed E-state index contributed by atoms with van der Waals surface area (Å²) in [7, 11) is 0. The summed E-state index contributed by atoms with van der Waals surface area (Å²) >= 11 is 0. The zero-order chi connectivity index (χ0) is 13.1. The molecule has 4 nitrogen and oxygen atoms in total. The van der Waals surface area contributed by atoms with Gasteiger partial charge in [0.05, 0.1) is 12.4 Å². The predicted octanol–water partition coefficient (Wildman–Crippen LogP) is 2.65. The topological polar surface area (TPSA) is 47.0 Å². The molecule has 1 saturated heterocycles. The number of rotatable bonds is 3. The van der Waals surface area contributed by atoms with Gasteiger partial charge in [0.15, 0.2) is 5.75 Å². The summed E-state index contributed by atoms with van der Waals surface area (Å²) in [4.78, 5) is 8.81. The van der Waals surface area contributed by atoms with Gasteiger partial charge in [0.2, 0.25) is 0 Å². The second kappa shape index (κ2) is 5.36. The predicted molar refractivity (Wildman–Crippen MR) is 73.5 cm³/mol. The maximum atomic E-state index is 5.74. The maximum Gasteiger partial charge on any atom is 0.164 e. The summed E-state index contributed by atoms with van der Waals surface area (Å²) < 4.78 is 5.74. The van der Waals surface area contributed by atoms with Crippen LogP contribution in [0.25, 0.3) is 0 Å². The van der Waals surface area contributed by atoms with E-state index >= 15 is 0 Å². The van der Waals surface area contributed by atoms with E-state index in [4.69, 9.17) is 4.74 Å². The Morgan fingerprint density at radius 3 is 2.74 bits per heavy atom. The van der Waals surface area contributed by atoms with Crippen LogP contribution in [0.2, 0.25) is 0 Å². The molecule has 19 heavy (non-hydrogen) atoms. The van der Waals surface area contributed by atoms with Crippen molar-refractivity contribution >= 4 is 0 Å². The van der Waals surface area contributed by atoms with E-state index in [0.29, 0.717) is 11.7 Å². The fraction of sp³-hybridized carbons (Fsp3) is 0.333. The van der Waals surface area contributed by atoms with Crippen molar-refractivity contribution in [2.24, 2.45) is 0 Å². The molecule has 0 bridgehead atoms.